The van der Waals surface area contributed by atoms with Gasteiger partial charge in [0.15, 0.2) is 5.16 Å². The van der Waals surface area contributed by atoms with Gasteiger partial charge in [-0.2, -0.15) is 0 Å². The summed E-state index contributed by atoms with van der Waals surface area (Å²) in [6, 6.07) is 14.1. The van der Waals surface area contributed by atoms with E-state index in [0.717, 1.165) is 33.2 Å². The molecular weight excluding hydrogens is 254 g/mol. The number of benzene rings is 2. The van der Waals surface area contributed by atoms with Crippen LogP contribution in [0.15, 0.2) is 47.6 Å². The van der Waals surface area contributed by atoms with Crippen molar-refractivity contribution in [3.05, 3.63) is 53.6 Å². The smallest absolute Gasteiger partial charge is 0.166 e. The lowest BCUT2D eigenvalue weighted by atomic mass is 10.1. The van der Waals surface area contributed by atoms with Gasteiger partial charge in [0.05, 0.1) is 11.0 Å². The zero-order valence-corrected chi connectivity index (χ0v) is 11.5. The molecule has 0 saturated heterocycles. The fraction of sp³-hybridized carbons (Fsp3) is 0.133. The Morgan fingerprint density at radius 1 is 1.16 bits per heavy atom. The minimum absolute atomic E-state index is 0.850. The summed E-state index contributed by atoms with van der Waals surface area (Å²) in [4.78, 5) is 7.88. The monoisotopic (exact) mass is 269 g/mol. The summed E-state index contributed by atoms with van der Waals surface area (Å²) >= 11 is 1.70. The van der Waals surface area contributed by atoms with Crippen LogP contribution in [-0.2, 0) is 5.75 Å². The maximum atomic E-state index is 5.92. The maximum absolute atomic E-state index is 5.92. The number of nitrogens with zero attached hydrogens (tertiary/aromatic N) is 1. The SMILES string of the molecule is Cc1c(N)cccc1CSc1nc2ccccc2[nH]1. The number of anilines is 1. The van der Waals surface area contributed by atoms with Gasteiger partial charge in [-0.1, -0.05) is 36.0 Å². The van der Waals surface area contributed by atoms with Crippen LogP contribution in [0.2, 0.25) is 0 Å². The predicted octanol–water partition coefficient (Wildman–Crippen LogP) is 3.75. The molecule has 0 atom stereocenters. The molecule has 0 aliphatic heterocycles. The summed E-state index contributed by atoms with van der Waals surface area (Å²) < 4.78 is 0. The van der Waals surface area contributed by atoms with Crippen LogP contribution < -0.4 is 5.73 Å². The van der Waals surface area contributed by atoms with E-state index in [2.05, 4.69) is 23.0 Å². The lowest BCUT2D eigenvalue weighted by Crippen LogP contribution is -1.94. The van der Waals surface area contributed by atoms with Crippen molar-refractivity contribution < 1.29 is 0 Å². The number of aromatic amines is 1. The first-order valence-corrected chi connectivity index (χ1v) is 7.14. The van der Waals surface area contributed by atoms with Crippen molar-refractivity contribution in [2.24, 2.45) is 0 Å². The summed E-state index contributed by atoms with van der Waals surface area (Å²) in [6.07, 6.45) is 0. The summed E-state index contributed by atoms with van der Waals surface area (Å²) in [5.41, 5.74) is 11.3. The van der Waals surface area contributed by atoms with Crippen molar-refractivity contribution in [3.8, 4) is 0 Å². The molecule has 3 N–H and O–H groups in total. The molecule has 0 spiro atoms. The van der Waals surface area contributed by atoms with Crippen molar-refractivity contribution in [2.75, 3.05) is 5.73 Å². The number of nitrogens with two attached hydrogens (primary N) is 1. The van der Waals surface area contributed by atoms with Crippen LogP contribution in [0.5, 0.6) is 0 Å². The Morgan fingerprint density at radius 2 is 2.00 bits per heavy atom. The fourth-order valence-electron chi connectivity index (χ4n) is 2.00. The summed E-state index contributed by atoms with van der Waals surface area (Å²) in [7, 11) is 0. The minimum Gasteiger partial charge on any atom is -0.399 e. The van der Waals surface area contributed by atoms with Crippen molar-refractivity contribution in [3.63, 3.8) is 0 Å². The second-order valence-corrected chi connectivity index (χ2v) is 5.44. The number of nitrogen functional groups attached to an aromatic ring is 1. The lowest BCUT2D eigenvalue weighted by Gasteiger charge is -2.06. The molecule has 0 unspecified atom stereocenters. The Morgan fingerprint density at radius 3 is 2.84 bits per heavy atom. The molecule has 2 aromatic carbocycles. The van der Waals surface area contributed by atoms with E-state index < -0.39 is 0 Å². The molecule has 0 bridgehead atoms. The Bertz CT molecular complexity index is 685. The highest BCUT2D eigenvalue weighted by molar-refractivity contribution is 7.98. The van der Waals surface area contributed by atoms with Gasteiger partial charge >= 0.3 is 0 Å². The molecule has 19 heavy (non-hydrogen) atoms. The van der Waals surface area contributed by atoms with Crippen LogP contribution in [0.3, 0.4) is 0 Å². The first kappa shape index (κ1) is 12.1. The normalized spacial score (nSPS) is 11.0. The molecule has 3 nitrogen and oxygen atoms in total. The summed E-state index contributed by atoms with van der Waals surface area (Å²) in [5, 5.41) is 0.947. The van der Waals surface area contributed by atoms with Gasteiger partial charge in [-0.3, -0.25) is 0 Å². The van der Waals surface area contributed by atoms with Crippen LogP contribution >= 0.6 is 11.8 Å². The molecule has 0 aliphatic carbocycles. The molecule has 3 aromatic rings. The third kappa shape index (κ3) is 2.44. The number of hydrogen-bond acceptors (Lipinski definition) is 3. The van der Waals surface area contributed by atoms with Gasteiger partial charge in [0.25, 0.3) is 0 Å². The molecule has 1 aromatic heterocycles. The van der Waals surface area contributed by atoms with Gasteiger partial charge in [0, 0.05) is 11.4 Å². The van der Waals surface area contributed by atoms with E-state index in [0.29, 0.717) is 0 Å². The third-order valence-corrected chi connectivity index (χ3v) is 4.14. The Hall–Kier alpha value is -1.94. The maximum Gasteiger partial charge on any atom is 0.166 e. The Balaban J connectivity index is 1.80. The Labute approximate surface area is 116 Å². The average molecular weight is 269 g/mol. The average Bonchev–Trinajstić information content (AvgIpc) is 2.83. The molecule has 0 saturated carbocycles. The fourth-order valence-corrected chi connectivity index (χ4v) is 2.95. The van der Waals surface area contributed by atoms with Crippen LogP contribution in [0.4, 0.5) is 5.69 Å². The standard InChI is InChI=1S/C15H15N3S/c1-10-11(5-4-6-12(10)16)9-19-15-17-13-7-2-3-8-14(13)18-15/h2-8H,9,16H2,1H3,(H,17,18). The topological polar surface area (TPSA) is 54.7 Å². The van der Waals surface area contributed by atoms with Crippen LogP contribution in [0.1, 0.15) is 11.1 Å². The van der Waals surface area contributed by atoms with Crippen LogP contribution in [-0.4, -0.2) is 9.97 Å². The Kier molecular flexibility index (Phi) is 3.17. The van der Waals surface area contributed by atoms with E-state index in [1.54, 1.807) is 11.8 Å². The molecule has 0 fully saturated rings. The molecule has 1 heterocycles. The van der Waals surface area contributed by atoms with Crippen molar-refractivity contribution in [1.29, 1.82) is 0 Å². The van der Waals surface area contributed by atoms with Gasteiger partial charge in [0.1, 0.15) is 0 Å². The van der Waals surface area contributed by atoms with Gasteiger partial charge in [-0.05, 0) is 36.2 Å². The highest BCUT2D eigenvalue weighted by atomic mass is 32.2. The van der Waals surface area contributed by atoms with E-state index in [1.807, 2.05) is 36.4 Å². The number of fused-ring (bicyclic) bond motifs is 1. The number of nitrogens with one attached hydrogen (secondary N) is 1. The van der Waals surface area contributed by atoms with Gasteiger partial charge in [-0.15, -0.1) is 0 Å². The first-order chi connectivity index (χ1) is 9.24. The van der Waals surface area contributed by atoms with Crippen LogP contribution in [0.25, 0.3) is 11.0 Å². The zero-order valence-electron chi connectivity index (χ0n) is 10.7. The van der Waals surface area contributed by atoms with E-state index >= 15 is 0 Å². The van der Waals surface area contributed by atoms with Crippen LogP contribution in [0, 0.1) is 6.92 Å². The predicted molar refractivity (Wildman–Crippen MR) is 81.2 cm³/mol. The number of rotatable bonds is 3. The molecule has 3 rings (SSSR count). The van der Waals surface area contributed by atoms with Gasteiger partial charge < -0.3 is 10.7 Å². The minimum atomic E-state index is 0.850. The van der Waals surface area contributed by atoms with Crippen molar-refractivity contribution in [2.45, 2.75) is 17.8 Å². The third-order valence-electron chi connectivity index (χ3n) is 3.22. The molecular formula is C15H15N3S. The molecule has 96 valence electrons. The number of imidazole rings is 1. The number of para-hydroxylation sites is 2. The summed E-state index contributed by atoms with van der Waals surface area (Å²) in [6.45, 7) is 2.06. The van der Waals surface area contributed by atoms with E-state index in [-0.39, 0.29) is 0 Å². The molecule has 4 heteroatoms. The highest BCUT2D eigenvalue weighted by Gasteiger charge is 2.05. The molecule has 0 amide bonds. The van der Waals surface area contributed by atoms with E-state index in [1.165, 1.54) is 5.56 Å². The van der Waals surface area contributed by atoms with E-state index in [9.17, 15) is 0 Å². The molecule has 0 aliphatic rings. The van der Waals surface area contributed by atoms with Gasteiger partial charge in [-0.25, -0.2) is 4.98 Å². The quantitative estimate of drug-likeness (QED) is 0.562. The number of hydrogen-bond donors (Lipinski definition) is 2. The summed E-state index contributed by atoms with van der Waals surface area (Å²) in [5.74, 6) is 0.872. The zero-order chi connectivity index (χ0) is 13.2. The van der Waals surface area contributed by atoms with E-state index in [4.69, 9.17) is 5.73 Å². The van der Waals surface area contributed by atoms with Crippen molar-refractivity contribution in [1.82, 2.24) is 9.97 Å². The molecule has 0 radical (unpaired) electrons. The highest BCUT2D eigenvalue weighted by Crippen LogP contribution is 2.26. The van der Waals surface area contributed by atoms with Crippen molar-refractivity contribution >= 4 is 28.5 Å². The van der Waals surface area contributed by atoms with Gasteiger partial charge in [0.2, 0.25) is 0 Å². The largest absolute Gasteiger partial charge is 0.399 e. The second-order valence-electron chi connectivity index (χ2n) is 4.48. The number of H-pyrrole nitrogens is 1. The number of aromatic nitrogens is 2. The second kappa shape index (κ2) is 4.97. The first-order valence-electron chi connectivity index (χ1n) is 6.15. The number of thioether (sulfide) groups is 1. The lowest BCUT2D eigenvalue weighted by molar-refractivity contribution is 1.08.